The maximum Gasteiger partial charge on any atom is 0.165 e. The molecule has 1 aromatic carbocycles. The Bertz CT molecular complexity index is 384. The van der Waals surface area contributed by atoms with Gasteiger partial charge in [-0.05, 0) is 13.0 Å². The second-order valence-corrected chi connectivity index (χ2v) is 2.86. The van der Waals surface area contributed by atoms with Crippen molar-refractivity contribution in [1.82, 2.24) is 0 Å². The topological polar surface area (TPSA) is 33.0 Å². The molecule has 2 nitrogen and oxygen atoms in total. The summed E-state index contributed by atoms with van der Waals surface area (Å²) in [5.74, 6) is -2.12. The smallest absolute Gasteiger partial charge is 0.165 e. The molecule has 0 radical (unpaired) electrons. The van der Waals surface area contributed by atoms with Gasteiger partial charge in [0.05, 0.1) is 19.1 Å². The number of benzene rings is 1. The summed E-state index contributed by atoms with van der Waals surface area (Å²) in [6.07, 6.45) is 0. The van der Waals surface area contributed by atoms with E-state index in [1.807, 2.05) is 6.07 Å². The van der Waals surface area contributed by atoms with E-state index in [-0.39, 0.29) is 11.3 Å². The minimum absolute atomic E-state index is 0.0470. The molecule has 0 fully saturated rings. The minimum atomic E-state index is -0.671. The van der Waals surface area contributed by atoms with Crippen LogP contribution in [0.15, 0.2) is 12.1 Å². The average molecular weight is 197 g/mol. The van der Waals surface area contributed by atoms with E-state index in [0.717, 1.165) is 12.1 Å². The van der Waals surface area contributed by atoms with Crippen molar-refractivity contribution in [2.45, 2.75) is 12.8 Å². The molecule has 0 aliphatic carbocycles. The fraction of sp³-hybridized carbons (Fsp3) is 0.300. The molecule has 4 heteroatoms. The van der Waals surface area contributed by atoms with Crippen molar-refractivity contribution >= 4 is 0 Å². The molecule has 0 amide bonds. The van der Waals surface area contributed by atoms with Gasteiger partial charge in [0.25, 0.3) is 0 Å². The van der Waals surface area contributed by atoms with Gasteiger partial charge < -0.3 is 4.74 Å². The number of hydrogen-bond acceptors (Lipinski definition) is 2. The molecule has 0 aromatic heterocycles. The summed E-state index contributed by atoms with van der Waals surface area (Å²) in [5.41, 5.74) is 0.0470. The van der Waals surface area contributed by atoms with Gasteiger partial charge in [-0.25, -0.2) is 8.78 Å². The highest BCUT2D eigenvalue weighted by Gasteiger charge is 2.14. The van der Waals surface area contributed by atoms with Crippen LogP contribution in [0.25, 0.3) is 0 Å². The highest BCUT2D eigenvalue weighted by Crippen LogP contribution is 2.25. The zero-order valence-electron chi connectivity index (χ0n) is 7.84. The van der Waals surface area contributed by atoms with Gasteiger partial charge in [-0.15, -0.1) is 0 Å². The number of halogens is 2. The number of nitriles is 1. The van der Waals surface area contributed by atoms with E-state index in [9.17, 15) is 8.78 Å². The maximum absolute atomic E-state index is 13.3. The van der Waals surface area contributed by atoms with Crippen molar-refractivity contribution in [2.75, 3.05) is 7.11 Å². The normalized spacial score (nSPS) is 11.9. The number of methoxy groups -OCH3 is 1. The van der Waals surface area contributed by atoms with Crippen LogP contribution in [0.4, 0.5) is 8.78 Å². The van der Waals surface area contributed by atoms with Gasteiger partial charge in [0, 0.05) is 11.6 Å². The van der Waals surface area contributed by atoms with Gasteiger partial charge >= 0.3 is 0 Å². The maximum atomic E-state index is 13.3. The van der Waals surface area contributed by atoms with Crippen LogP contribution in [-0.2, 0) is 0 Å². The van der Waals surface area contributed by atoms with Gasteiger partial charge in [0.15, 0.2) is 11.6 Å². The Morgan fingerprint density at radius 3 is 2.50 bits per heavy atom. The summed E-state index contributed by atoms with van der Waals surface area (Å²) in [6, 6.07) is 3.77. The third-order valence-electron chi connectivity index (χ3n) is 1.93. The van der Waals surface area contributed by atoms with E-state index in [1.165, 1.54) is 14.0 Å². The molecule has 1 unspecified atom stereocenters. The van der Waals surface area contributed by atoms with Crippen LogP contribution in [0, 0.1) is 23.0 Å². The molecular formula is C10H9F2NO. The Labute approximate surface area is 80.7 Å². The molecule has 0 aliphatic rings. The number of hydrogen-bond donors (Lipinski definition) is 0. The lowest BCUT2D eigenvalue weighted by atomic mass is 10.0. The molecule has 0 heterocycles. The molecule has 0 saturated carbocycles. The van der Waals surface area contributed by atoms with E-state index in [0.29, 0.717) is 0 Å². The zero-order valence-corrected chi connectivity index (χ0v) is 7.84. The summed E-state index contributed by atoms with van der Waals surface area (Å²) in [5, 5.41) is 8.56. The van der Waals surface area contributed by atoms with Crippen LogP contribution in [0.2, 0.25) is 0 Å². The second-order valence-electron chi connectivity index (χ2n) is 2.86. The van der Waals surface area contributed by atoms with Crippen LogP contribution in [0.5, 0.6) is 5.75 Å². The Morgan fingerprint density at radius 2 is 2.00 bits per heavy atom. The number of rotatable bonds is 2. The first-order valence-corrected chi connectivity index (χ1v) is 4.02. The third-order valence-corrected chi connectivity index (χ3v) is 1.93. The van der Waals surface area contributed by atoms with Crippen molar-refractivity contribution in [3.8, 4) is 11.8 Å². The monoisotopic (exact) mass is 197 g/mol. The van der Waals surface area contributed by atoms with E-state index >= 15 is 0 Å². The van der Waals surface area contributed by atoms with Crippen molar-refractivity contribution < 1.29 is 13.5 Å². The zero-order chi connectivity index (χ0) is 10.7. The Balaban J connectivity index is 3.23. The van der Waals surface area contributed by atoms with Crippen molar-refractivity contribution in [1.29, 1.82) is 5.26 Å². The summed E-state index contributed by atoms with van der Waals surface area (Å²) in [7, 11) is 1.26. The molecule has 0 spiro atoms. The summed E-state index contributed by atoms with van der Waals surface area (Å²) in [4.78, 5) is 0. The summed E-state index contributed by atoms with van der Waals surface area (Å²) < 4.78 is 31.0. The third kappa shape index (κ3) is 1.82. The largest absolute Gasteiger partial charge is 0.494 e. The standard InChI is InChI=1S/C10H9F2NO/c1-6(5-13)7-3-9(12)10(14-2)4-8(7)11/h3-4,6H,1-2H3. The van der Waals surface area contributed by atoms with E-state index < -0.39 is 17.6 Å². The summed E-state index contributed by atoms with van der Waals surface area (Å²) in [6.45, 7) is 1.50. The van der Waals surface area contributed by atoms with Crippen LogP contribution < -0.4 is 4.74 Å². The second kappa shape index (κ2) is 4.05. The molecule has 0 N–H and O–H groups in total. The fourth-order valence-corrected chi connectivity index (χ4v) is 1.10. The molecule has 1 rings (SSSR count). The lowest BCUT2D eigenvalue weighted by Gasteiger charge is -2.07. The van der Waals surface area contributed by atoms with Gasteiger partial charge in [0.1, 0.15) is 5.82 Å². The van der Waals surface area contributed by atoms with Crippen LogP contribution in [0.3, 0.4) is 0 Å². The molecule has 74 valence electrons. The Hall–Kier alpha value is -1.63. The lowest BCUT2D eigenvalue weighted by molar-refractivity contribution is 0.381. The van der Waals surface area contributed by atoms with Crippen molar-refractivity contribution in [2.24, 2.45) is 0 Å². The summed E-state index contributed by atoms with van der Waals surface area (Å²) >= 11 is 0. The van der Waals surface area contributed by atoms with Gasteiger partial charge in [-0.3, -0.25) is 0 Å². The molecule has 0 bridgehead atoms. The van der Waals surface area contributed by atoms with Gasteiger partial charge in [-0.2, -0.15) is 5.26 Å². The highest BCUT2D eigenvalue weighted by molar-refractivity contribution is 5.34. The predicted octanol–water partition coefficient (Wildman–Crippen LogP) is 2.60. The quantitative estimate of drug-likeness (QED) is 0.730. The van der Waals surface area contributed by atoms with Gasteiger partial charge in [0.2, 0.25) is 0 Å². The number of ether oxygens (including phenoxy) is 1. The lowest BCUT2D eigenvalue weighted by Crippen LogP contribution is -1.98. The molecule has 0 aliphatic heterocycles. The Morgan fingerprint density at radius 1 is 1.36 bits per heavy atom. The van der Waals surface area contributed by atoms with Crippen molar-refractivity contribution in [3.05, 3.63) is 29.3 Å². The molecule has 1 aromatic rings. The Kier molecular flexibility index (Phi) is 3.03. The molecule has 0 saturated heterocycles. The first-order valence-electron chi connectivity index (χ1n) is 4.02. The molecular weight excluding hydrogens is 188 g/mol. The highest BCUT2D eigenvalue weighted by atomic mass is 19.1. The van der Waals surface area contributed by atoms with Crippen LogP contribution in [-0.4, -0.2) is 7.11 Å². The number of nitrogens with zero attached hydrogens (tertiary/aromatic N) is 1. The first kappa shape index (κ1) is 10.5. The fourth-order valence-electron chi connectivity index (χ4n) is 1.10. The van der Waals surface area contributed by atoms with Crippen molar-refractivity contribution in [3.63, 3.8) is 0 Å². The minimum Gasteiger partial charge on any atom is -0.494 e. The predicted molar refractivity (Wildman–Crippen MR) is 46.9 cm³/mol. The SMILES string of the molecule is COc1cc(F)c(C(C)C#N)cc1F. The van der Waals surface area contributed by atoms with E-state index in [1.54, 1.807) is 0 Å². The van der Waals surface area contributed by atoms with E-state index in [4.69, 9.17) is 5.26 Å². The van der Waals surface area contributed by atoms with Gasteiger partial charge in [-0.1, -0.05) is 0 Å². The molecule has 14 heavy (non-hydrogen) atoms. The van der Waals surface area contributed by atoms with Crippen LogP contribution in [0.1, 0.15) is 18.4 Å². The van der Waals surface area contributed by atoms with Crippen LogP contribution >= 0.6 is 0 Å². The van der Waals surface area contributed by atoms with E-state index in [2.05, 4.69) is 4.74 Å². The average Bonchev–Trinajstić information content (AvgIpc) is 2.19. The molecule has 1 atom stereocenters. The first-order chi connectivity index (χ1) is 6.60.